The minimum absolute atomic E-state index is 0.286. The molecule has 0 heterocycles. The van der Waals surface area contributed by atoms with Crippen LogP contribution in [-0.2, 0) is 24.0 Å². The Bertz CT molecular complexity index is 466. The van der Waals surface area contributed by atoms with E-state index in [0.717, 1.165) is 0 Å². The molecule has 11 nitrogen and oxygen atoms in total. The Morgan fingerprint density at radius 3 is 2.14 bits per heavy atom. The van der Waals surface area contributed by atoms with E-state index in [-0.39, 0.29) is 6.54 Å². The van der Waals surface area contributed by atoms with Crippen LogP contribution in [0.5, 0.6) is 0 Å². The van der Waals surface area contributed by atoms with Crippen molar-refractivity contribution in [1.29, 1.82) is 0 Å². The maximum absolute atomic E-state index is 11.6. The quantitative estimate of drug-likeness (QED) is 0.249. The van der Waals surface area contributed by atoms with Gasteiger partial charge in [-0.05, 0) is 6.92 Å². The first-order valence-corrected chi connectivity index (χ1v) is 6.25. The maximum Gasteiger partial charge on any atom is 0.326 e. The van der Waals surface area contributed by atoms with Crippen molar-refractivity contribution in [3.8, 4) is 0 Å². The number of nitrogens with one attached hydrogen (secondary N) is 3. The van der Waals surface area contributed by atoms with Gasteiger partial charge in [0.1, 0.15) is 12.1 Å². The van der Waals surface area contributed by atoms with E-state index in [1.165, 1.54) is 6.92 Å². The molecule has 0 aromatic carbocycles. The predicted molar refractivity (Wildman–Crippen MR) is 73.0 cm³/mol. The number of amides is 4. The molecular weight excluding hydrogens is 298 g/mol. The van der Waals surface area contributed by atoms with E-state index in [4.69, 9.17) is 16.6 Å². The van der Waals surface area contributed by atoms with E-state index < -0.39 is 54.6 Å². The molecule has 0 radical (unpaired) electrons. The van der Waals surface area contributed by atoms with Crippen LogP contribution in [0.3, 0.4) is 0 Å². The molecule has 4 amide bonds. The second kappa shape index (κ2) is 9.28. The highest BCUT2D eigenvalue weighted by molar-refractivity contribution is 5.92. The van der Waals surface area contributed by atoms with Gasteiger partial charge in [0.15, 0.2) is 0 Å². The first kappa shape index (κ1) is 19.3. The molecule has 0 saturated heterocycles. The Labute approximate surface area is 125 Å². The standard InChI is InChI=1S/C11H19N5O6/c1-5(15-8(18)3-12)10(20)14-4-9(19)16-6(11(21)22)2-7(13)17/h5-6H,2-4,12H2,1H3,(H2,13,17)(H,14,20)(H,15,18)(H,16,19)(H,21,22). The van der Waals surface area contributed by atoms with Crippen LogP contribution < -0.4 is 27.4 Å². The van der Waals surface area contributed by atoms with Crippen LogP contribution in [-0.4, -0.2) is 59.9 Å². The van der Waals surface area contributed by atoms with Gasteiger partial charge in [-0.1, -0.05) is 0 Å². The molecule has 0 bridgehead atoms. The van der Waals surface area contributed by atoms with Gasteiger partial charge in [-0.25, -0.2) is 4.79 Å². The fraction of sp³-hybridized carbons (Fsp3) is 0.545. The zero-order chi connectivity index (χ0) is 17.3. The Kier molecular flexibility index (Phi) is 8.15. The van der Waals surface area contributed by atoms with Crippen molar-refractivity contribution in [2.24, 2.45) is 11.5 Å². The maximum atomic E-state index is 11.6. The summed E-state index contributed by atoms with van der Waals surface area (Å²) in [4.78, 5) is 55.5. The van der Waals surface area contributed by atoms with Crippen molar-refractivity contribution in [3.63, 3.8) is 0 Å². The number of aliphatic carboxylic acids is 1. The van der Waals surface area contributed by atoms with Gasteiger partial charge in [0, 0.05) is 0 Å². The second-order valence-electron chi connectivity index (χ2n) is 4.34. The number of rotatable bonds is 9. The third kappa shape index (κ3) is 7.79. The van der Waals surface area contributed by atoms with Crippen molar-refractivity contribution in [2.45, 2.75) is 25.4 Å². The fourth-order valence-electron chi connectivity index (χ4n) is 1.33. The molecule has 22 heavy (non-hydrogen) atoms. The van der Waals surface area contributed by atoms with Crippen LogP contribution >= 0.6 is 0 Å². The SMILES string of the molecule is CC(NC(=O)CN)C(=O)NCC(=O)NC(CC(N)=O)C(=O)O. The lowest BCUT2D eigenvalue weighted by Gasteiger charge is -2.15. The fourth-order valence-corrected chi connectivity index (χ4v) is 1.33. The van der Waals surface area contributed by atoms with Crippen LogP contribution in [0.15, 0.2) is 0 Å². The third-order valence-corrected chi connectivity index (χ3v) is 2.42. The Morgan fingerprint density at radius 1 is 1.09 bits per heavy atom. The molecule has 11 heteroatoms. The molecule has 0 aliphatic rings. The number of carbonyl (C=O) groups excluding carboxylic acids is 4. The first-order chi connectivity index (χ1) is 10.2. The van der Waals surface area contributed by atoms with E-state index in [9.17, 15) is 24.0 Å². The monoisotopic (exact) mass is 317 g/mol. The summed E-state index contributed by atoms with van der Waals surface area (Å²) in [6.07, 6.45) is -0.571. The number of nitrogens with two attached hydrogens (primary N) is 2. The van der Waals surface area contributed by atoms with Gasteiger partial charge < -0.3 is 32.5 Å². The van der Waals surface area contributed by atoms with Gasteiger partial charge in [0.05, 0.1) is 19.5 Å². The van der Waals surface area contributed by atoms with Crippen molar-refractivity contribution >= 4 is 29.6 Å². The molecule has 0 aliphatic carbocycles. The summed E-state index contributed by atoms with van der Waals surface area (Å²) < 4.78 is 0. The van der Waals surface area contributed by atoms with Crippen molar-refractivity contribution in [2.75, 3.05) is 13.1 Å². The molecule has 8 N–H and O–H groups in total. The Hall–Kier alpha value is -2.69. The highest BCUT2D eigenvalue weighted by atomic mass is 16.4. The lowest BCUT2D eigenvalue weighted by molar-refractivity contribution is -0.143. The van der Waals surface area contributed by atoms with Gasteiger partial charge in [-0.15, -0.1) is 0 Å². The zero-order valence-corrected chi connectivity index (χ0v) is 11.9. The highest BCUT2D eigenvalue weighted by Crippen LogP contribution is 1.91. The van der Waals surface area contributed by atoms with Gasteiger partial charge in [-0.3, -0.25) is 19.2 Å². The molecule has 0 saturated carbocycles. The summed E-state index contributed by atoms with van der Waals surface area (Å²) >= 11 is 0. The van der Waals surface area contributed by atoms with E-state index in [2.05, 4.69) is 10.6 Å². The molecule has 0 rings (SSSR count). The summed E-state index contributed by atoms with van der Waals surface area (Å²) in [7, 11) is 0. The van der Waals surface area contributed by atoms with E-state index in [1.54, 1.807) is 0 Å². The van der Waals surface area contributed by atoms with Crippen LogP contribution in [0.25, 0.3) is 0 Å². The minimum Gasteiger partial charge on any atom is -0.480 e. The zero-order valence-electron chi connectivity index (χ0n) is 11.9. The number of primary amides is 1. The average Bonchev–Trinajstić information content (AvgIpc) is 2.42. The lowest BCUT2D eigenvalue weighted by Crippen LogP contribution is -2.51. The van der Waals surface area contributed by atoms with Gasteiger partial charge >= 0.3 is 5.97 Å². The molecule has 0 aliphatic heterocycles. The average molecular weight is 317 g/mol. The minimum atomic E-state index is -1.48. The largest absolute Gasteiger partial charge is 0.480 e. The summed E-state index contributed by atoms with van der Waals surface area (Å²) in [6, 6.07) is -2.39. The first-order valence-electron chi connectivity index (χ1n) is 6.25. The van der Waals surface area contributed by atoms with Crippen LogP contribution in [0.2, 0.25) is 0 Å². The summed E-state index contributed by atoms with van der Waals surface area (Å²) in [5.74, 6) is -4.34. The van der Waals surface area contributed by atoms with E-state index in [1.807, 2.05) is 5.32 Å². The molecule has 2 unspecified atom stereocenters. The molecule has 124 valence electrons. The smallest absolute Gasteiger partial charge is 0.326 e. The number of hydrogen-bond donors (Lipinski definition) is 6. The highest BCUT2D eigenvalue weighted by Gasteiger charge is 2.22. The Morgan fingerprint density at radius 2 is 1.68 bits per heavy atom. The van der Waals surface area contributed by atoms with Crippen LogP contribution in [0.1, 0.15) is 13.3 Å². The van der Waals surface area contributed by atoms with Crippen molar-refractivity contribution in [3.05, 3.63) is 0 Å². The molecule has 0 aromatic heterocycles. The Balaban J connectivity index is 4.31. The lowest BCUT2D eigenvalue weighted by atomic mass is 10.2. The molecule has 0 fully saturated rings. The number of carbonyl (C=O) groups is 5. The number of carboxylic acid groups (broad SMARTS) is 1. The molecule has 0 spiro atoms. The second-order valence-corrected chi connectivity index (χ2v) is 4.34. The van der Waals surface area contributed by atoms with Crippen molar-refractivity contribution < 1.29 is 29.1 Å². The summed E-state index contributed by atoms with van der Waals surface area (Å²) in [5, 5.41) is 15.3. The predicted octanol–water partition coefficient (Wildman–Crippen LogP) is -3.99. The topological polar surface area (TPSA) is 194 Å². The van der Waals surface area contributed by atoms with Crippen molar-refractivity contribution in [1.82, 2.24) is 16.0 Å². The van der Waals surface area contributed by atoms with Gasteiger partial charge in [0.2, 0.25) is 23.6 Å². The van der Waals surface area contributed by atoms with Gasteiger partial charge in [-0.2, -0.15) is 0 Å². The van der Waals surface area contributed by atoms with E-state index in [0.29, 0.717) is 0 Å². The van der Waals surface area contributed by atoms with E-state index >= 15 is 0 Å². The summed E-state index contributed by atoms with van der Waals surface area (Å²) in [6.45, 7) is 0.573. The molecular formula is C11H19N5O6. The molecule has 0 aromatic rings. The number of carboxylic acids is 1. The van der Waals surface area contributed by atoms with Crippen LogP contribution in [0, 0.1) is 0 Å². The normalized spacial score (nSPS) is 12.6. The van der Waals surface area contributed by atoms with Gasteiger partial charge in [0.25, 0.3) is 0 Å². The van der Waals surface area contributed by atoms with Crippen LogP contribution in [0.4, 0.5) is 0 Å². The third-order valence-electron chi connectivity index (χ3n) is 2.42. The molecule has 2 atom stereocenters. The number of hydrogen-bond acceptors (Lipinski definition) is 6. The summed E-state index contributed by atoms with van der Waals surface area (Å²) in [5.41, 5.74) is 9.92.